The molecular weight excluding hydrogens is 208 g/mol. The van der Waals surface area contributed by atoms with E-state index >= 15 is 0 Å². The molecule has 0 aliphatic rings. The van der Waals surface area contributed by atoms with Crippen LogP contribution in [-0.4, -0.2) is 6.61 Å². The van der Waals surface area contributed by atoms with Crippen molar-refractivity contribution in [1.29, 1.82) is 0 Å². The Morgan fingerprint density at radius 2 is 1.88 bits per heavy atom. The number of ether oxygens (including phenoxy) is 1. The molecule has 0 fully saturated rings. The Morgan fingerprint density at radius 3 is 2.53 bits per heavy atom. The predicted molar refractivity (Wildman–Crippen MR) is 71.1 cm³/mol. The molecule has 2 aromatic carbocycles. The number of benzene rings is 2. The zero-order valence-electron chi connectivity index (χ0n) is 10.1. The summed E-state index contributed by atoms with van der Waals surface area (Å²) in [6, 6.07) is 19.3. The SMILES string of the molecule is CCCCOc1ccc(-c2c[c]ccc2)cc1. The fourth-order valence-corrected chi connectivity index (χ4v) is 1.65. The van der Waals surface area contributed by atoms with Crippen molar-refractivity contribution in [2.45, 2.75) is 19.8 Å². The normalized spacial score (nSPS) is 10.2. The summed E-state index contributed by atoms with van der Waals surface area (Å²) in [5.74, 6) is 0.946. The van der Waals surface area contributed by atoms with E-state index < -0.39 is 0 Å². The highest BCUT2D eigenvalue weighted by Gasteiger charge is 1.97. The van der Waals surface area contributed by atoms with E-state index in [1.54, 1.807) is 0 Å². The highest BCUT2D eigenvalue weighted by molar-refractivity contribution is 5.63. The van der Waals surface area contributed by atoms with E-state index in [0.29, 0.717) is 0 Å². The monoisotopic (exact) mass is 225 g/mol. The molecule has 17 heavy (non-hydrogen) atoms. The van der Waals surface area contributed by atoms with Crippen LogP contribution in [0.4, 0.5) is 0 Å². The average Bonchev–Trinajstić information content (AvgIpc) is 2.41. The van der Waals surface area contributed by atoms with Crippen molar-refractivity contribution in [2.75, 3.05) is 6.61 Å². The minimum Gasteiger partial charge on any atom is -0.494 e. The van der Waals surface area contributed by atoms with Crippen molar-refractivity contribution in [3.8, 4) is 16.9 Å². The first kappa shape index (κ1) is 11.7. The van der Waals surface area contributed by atoms with Gasteiger partial charge >= 0.3 is 0 Å². The summed E-state index contributed by atoms with van der Waals surface area (Å²) in [5, 5.41) is 0. The lowest BCUT2D eigenvalue weighted by molar-refractivity contribution is 0.309. The van der Waals surface area contributed by atoms with Crippen molar-refractivity contribution in [3.63, 3.8) is 0 Å². The van der Waals surface area contributed by atoms with Crippen molar-refractivity contribution in [1.82, 2.24) is 0 Å². The van der Waals surface area contributed by atoms with Crippen LogP contribution in [-0.2, 0) is 0 Å². The maximum atomic E-state index is 5.63. The van der Waals surface area contributed by atoms with Gasteiger partial charge in [0.2, 0.25) is 0 Å². The van der Waals surface area contributed by atoms with Gasteiger partial charge in [-0.3, -0.25) is 0 Å². The molecule has 0 unspecified atom stereocenters. The molecular formula is C16H17O. The average molecular weight is 225 g/mol. The molecule has 0 bridgehead atoms. The van der Waals surface area contributed by atoms with Crippen LogP contribution in [0.5, 0.6) is 5.75 Å². The number of unbranched alkanes of at least 4 members (excludes halogenated alkanes) is 1. The number of rotatable bonds is 5. The summed E-state index contributed by atoms with van der Waals surface area (Å²) in [4.78, 5) is 0. The van der Waals surface area contributed by atoms with Crippen LogP contribution < -0.4 is 4.74 Å². The first-order valence-electron chi connectivity index (χ1n) is 6.09. The Kier molecular flexibility index (Phi) is 4.20. The lowest BCUT2D eigenvalue weighted by Gasteiger charge is -2.06. The van der Waals surface area contributed by atoms with Gasteiger partial charge in [-0.15, -0.1) is 0 Å². The number of hydrogen-bond donors (Lipinski definition) is 0. The minimum absolute atomic E-state index is 0.801. The maximum absolute atomic E-state index is 5.63. The van der Waals surface area contributed by atoms with E-state index in [4.69, 9.17) is 4.74 Å². The fraction of sp³-hybridized carbons (Fsp3) is 0.250. The molecule has 0 aliphatic heterocycles. The molecule has 0 heterocycles. The summed E-state index contributed by atoms with van der Waals surface area (Å²) in [5.41, 5.74) is 2.39. The van der Waals surface area contributed by atoms with Crippen LogP contribution >= 0.6 is 0 Å². The quantitative estimate of drug-likeness (QED) is 0.688. The van der Waals surface area contributed by atoms with E-state index in [1.165, 1.54) is 11.1 Å². The molecule has 1 radical (unpaired) electrons. The van der Waals surface area contributed by atoms with Gasteiger partial charge in [-0.05, 0) is 41.8 Å². The number of hydrogen-bond acceptors (Lipinski definition) is 1. The summed E-state index contributed by atoms with van der Waals surface area (Å²) < 4.78 is 5.63. The summed E-state index contributed by atoms with van der Waals surface area (Å²) in [6.45, 7) is 2.97. The molecule has 0 saturated heterocycles. The van der Waals surface area contributed by atoms with Crippen molar-refractivity contribution < 1.29 is 4.74 Å². The Balaban J connectivity index is 2.03. The maximum Gasteiger partial charge on any atom is 0.119 e. The molecule has 1 heteroatoms. The van der Waals surface area contributed by atoms with Crippen LogP contribution in [0.2, 0.25) is 0 Å². The van der Waals surface area contributed by atoms with Gasteiger partial charge in [-0.25, -0.2) is 0 Å². The van der Waals surface area contributed by atoms with Gasteiger partial charge in [0.05, 0.1) is 6.61 Å². The van der Waals surface area contributed by atoms with E-state index in [0.717, 1.165) is 25.2 Å². The predicted octanol–water partition coefficient (Wildman–Crippen LogP) is 4.33. The molecule has 0 atom stereocenters. The zero-order valence-corrected chi connectivity index (χ0v) is 10.1. The van der Waals surface area contributed by atoms with E-state index in [2.05, 4.69) is 31.2 Å². The van der Waals surface area contributed by atoms with Crippen LogP contribution in [0.15, 0.2) is 48.5 Å². The molecule has 1 nitrogen and oxygen atoms in total. The zero-order chi connectivity index (χ0) is 11.9. The second-order valence-corrected chi connectivity index (χ2v) is 4.02. The summed E-state index contributed by atoms with van der Waals surface area (Å²) >= 11 is 0. The third kappa shape index (κ3) is 3.35. The molecule has 87 valence electrons. The molecule has 0 aromatic heterocycles. The summed E-state index contributed by atoms with van der Waals surface area (Å²) in [7, 11) is 0. The second kappa shape index (κ2) is 6.09. The Hall–Kier alpha value is -1.76. The Labute approximate surface area is 103 Å². The Bertz CT molecular complexity index is 431. The van der Waals surface area contributed by atoms with Gasteiger partial charge in [0.1, 0.15) is 5.75 Å². The molecule has 0 amide bonds. The smallest absolute Gasteiger partial charge is 0.119 e. The van der Waals surface area contributed by atoms with Crippen molar-refractivity contribution in [3.05, 3.63) is 54.6 Å². The topological polar surface area (TPSA) is 9.23 Å². The van der Waals surface area contributed by atoms with Gasteiger partial charge in [0.15, 0.2) is 0 Å². The second-order valence-electron chi connectivity index (χ2n) is 4.02. The third-order valence-corrected chi connectivity index (χ3v) is 2.66. The first-order valence-corrected chi connectivity index (χ1v) is 6.09. The lowest BCUT2D eigenvalue weighted by atomic mass is 10.1. The first-order chi connectivity index (χ1) is 8.40. The molecule has 0 spiro atoms. The highest BCUT2D eigenvalue weighted by atomic mass is 16.5. The lowest BCUT2D eigenvalue weighted by Crippen LogP contribution is -1.95. The van der Waals surface area contributed by atoms with E-state index in [-0.39, 0.29) is 0 Å². The van der Waals surface area contributed by atoms with Crippen LogP contribution in [0, 0.1) is 6.07 Å². The molecule has 0 saturated carbocycles. The van der Waals surface area contributed by atoms with Gasteiger partial charge in [0, 0.05) is 0 Å². The van der Waals surface area contributed by atoms with Crippen LogP contribution in [0.1, 0.15) is 19.8 Å². The van der Waals surface area contributed by atoms with Crippen LogP contribution in [0.25, 0.3) is 11.1 Å². The Morgan fingerprint density at radius 1 is 1.06 bits per heavy atom. The molecule has 0 N–H and O–H groups in total. The van der Waals surface area contributed by atoms with Crippen LogP contribution in [0.3, 0.4) is 0 Å². The van der Waals surface area contributed by atoms with E-state index in [1.807, 2.05) is 30.3 Å². The highest BCUT2D eigenvalue weighted by Crippen LogP contribution is 2.21. The van der Waals surface area contributed by atoms with Crippen molar-refractivity contribution >= 4 is 0 Å². The molecule has 0 aliphatic carbocycles. The van der Waals surface area contributed by atoms with Gasteiger partial charge in [-0.1, -0.05) is 43.7 Å². The molecule has 2 rings (SSSR count). The largest absolute Gasteiger partial charge is 0.494 e. The molecule has 2 aromatic rings. The van der Waals surface area contributed by atoms with E-state index in [9.17, 15) is 0 Å². The van der Waals surface area contributed by atoms with Gasteiger partial charge in [0.25, 0.3) is 0 Å². The van der Waals surface area contributed by atoms with Gasteiger partial charge < -0.3 is 4.74 Å². The van der Waals surface area contributed by atoms with Crippen molar-refractivity contribution in [2.24, 2.45) is 0 Å². The third-order valence-electron chi connectivity index (χ3n) is 2.66. The fourth-order valence-electron chi connectivity index (χ4n) is 1.65. The summed E-state index contributed by atoms with van der Waals surface area (Å²) in [6.07, 6.45) is 2.27. The van der Waals surface area contributed by atoms with Gasteiger partial charge in [-0.2, -0.15) is 0 Å². The standard InChI is InChI=1S/C16H17O/c1-2-3-13-17-16-11-9-15(10-12-16)14-7-5-4-6-8-14/h4-5,7-12H,2-3,13H2,1H3. The minimum atomic E-state index is 0.801.